The number of nitrogens with one attached hydrogen (secondary N) is 1. The molecule has 0 bridgehead atoms. The van der Waals surface area contributed by atoms with Crippen molar-refractivity contribution >= 4 is 35.5 Å². The minimum atomic E-state index is 0. The van der Waals surface area contributed by atoms with Crippen LogP contribution < -0.4 is 10.1 Å². The number of pyridine rings is 1. The Balaban J connectivity index is 0.00000261. The number of ether oxygens (including phenoxy) is 1. The van der Waals surface area contributed by atoms with Crippen LogP contribution in [0.15, 0.2) is 65.9 Å². The maximum absolute atomic E-state index is 5.67. The summed E-state index contributed by atoms with van der Waals surface area (Å²) in [6.45, 7) is 5.95. The van der Waals surface area contributed by atoms with Gasteiger partial charge in [-0.3, -0.25) is 4.98 Å². The van der Waals surface area contributed by atoms with Gasteiger partial charge in [0.1, 0.15) is 12.4 Å². The number of hydrogen-bond acceptors (Lipinski definition) is 3. The topological polar surface area (TPSA) is 49.8 Å². The third-order valence-corrected chi connectivity index (χ3v) is 4.24. The summed E-state index contributed by atoms with van der Waals surface area (Å²) in [6.07, 6.45) is 6.79. The van der Waals surface area contributed by atoms with E-state index in [0.717, 1.165) is 37.8 Å². The maximum Gasteiger partial charge on any atom is 0.194 e. The summed E-state index contributed by atoms with van der Waals surface area (Å²) in [4.78, 5) is 11.0. The lowest BCUT2D eigenvalue weighted by Crippen LogP contribution is -2.43. The Kier molecular flexibility index (Phi) is 9.10. The fourth-order valence-electron chi connectivity index (χ4n) is 2.95. The highest BCUT2D eigenvalue weighted by atomic mass is 127. The zero-order chi connectivity index (χ0) is 18.0. The molecule has 0 saturated carbocycles. The van der Waals surface area contributed by atoms with Crippen molar-refractivity contribution in [2.45, 2.75) is 13.3 Å². The van der Waals surface area contributed by atoms with Crippen molar-refractivity contribution in [3.05, 3.63) is 66.5 Å². The van der Waals surface area contributed by atoms with E-state index >= 15 is 0 Å². The van der Waals surface area contributed by atoms with Crippen molar-refractivity contribution in [3.8, 4) is 5.75 Å². The molecule has 2 heterocycles. The quantitative estimate of drug-likeness (QED) is 0.297. The first-order valence-corrected chi connectivity index (χ1v) is 9.17. The lowest BCUT2D eigenvalue weighted by molar-refractivity contribution is 0.325. The second kappa shape index (κ2) is 11.6. The number of benzene rings is 1. The van der Waals surface area contributed by atoms with E-state index in [-0.39, 0.29) is 24.0 Å². The second-order valence-corrected chi connectivity index (χ2v) is 6.06. The molecule has 2 aromatic rings. The number of guanidine groups is 1. The van der Waals surface area contributed by atoms with Crippen LogP contribution >= 0.6 is 24.0 Å². The van der Waals surface area contributed by atoms with Crippen LogP contribution in [0.1, 0.15) is 18.9 Å². The molecule has 0 fully saturated rings. The van der Waals surface area contributed by atoms with Gasteiger partial charge in [0.05, 0.1) is 12.7 Å². The van der Waals surface area contributed by atoms with Crippen molar-refractivity contribution in [1.29, 1.82) is 0 Å². The molecule has 1 N–H and O–H groups in total. The summed E-state index contributed by atoms with van der Waals surface area (Å²) in [5.74, 6) is 1.73. The van der Waals surface area contributed by atoms with E-state index in [4.69, 9.17) is 9.73 Å². The molecule has 1 aromatic heterocycles. The minimum absolute atomic E-state index is 0. The molecule has 144 valence electrons. The van der Waals surface area contributed by atoms with Crippen LogP contribution in [0.5, 0.6) is 5.75 Å². The molecule has 0 atom stereocenters. The van der Waals surface area contributed by atoms with Gasteiger partial charge >= 0.3 is 0 Å². The molecule has 1 aromatic carbocycles. The molecule has 0 saturated heterocycles. The van der Waals surface area contributed by atoms with Crippen molar-refractivity contribution in [1.82, 2.24) is 15.2 Å². The van der Waals surface area contributed by atoms with Crippen LogP contribution in [0.3, 0.4) is 0 Å². The molecular formula is C21H27IN4O. The third-order valence-electron chi connectivity index (χ3n) is 4.24. The predicted molar refractivity (Wildman–Crippen MR) is 122 cm³/mol. The van der Waals surface area contributed by atoms with E-state index in [1.807, 2.05) is 12.1 Å². The van der Waals surface area contributed by atoms with Crippen molar-refractivity contribution in [2.75, 3.05) is 32.8 Å². The maximum atomic E-state index is 5.67. The normalized spacial score (nSPS) is 14.2. The summed E-state index contributed by atoms with van der Waals surface area (Å²) in [5.41, 5.74) is 2.73. The van der Waals surface area contributed by atoms with E-state index in [1.54, 1.807) is 12.4 Å². The smallest absolute Gasteiger partial charge is 0.194 e. The van der Waals surface area contributed by atoms with Crippen LogP contribution in [0, 0.1) is 0 Å². The minimum Gasteiger partial charge on any atom is -0.490 e. The van der Waals surface area contributed by atoms with Crippen LogP contribution in [0.4, 0.5) is 0 Å². The van der Waals surface area contributed by atoms with E-state index in [2.05, 4.69) is 58.5 Å². The van der Waals surface area contributed by atoms with Crippen LogP contribution in [-0.2, 0) is 0 Å². The average molecular weight is 478 g/mol. The second-order valence-electron chi connectivity index (χ2n) is 6.06. The zero-order valence-corrected chi connectivity index (χ0v) is 18.0. The number of halogens is 1. The SMILES string of the molecule is CCNC(=NCCOc1cccnc1)N1CC=C(c2ccccc2)CC1.I. The van der Waals surface area contributed by atoms with Crippen molar-refractivity contribution in [2.24, 2.45) is 4.99 Å². The van der Waals surface area contributed by atoms with E-state index in [9.17, 15) is 0 Å². The summed E-state index contributed by atoms with van der Waals surface area (Å²) in [6, 6.07) is 14.4. The Hall–Kier alpha value is -2.09. The molecular weight excluding hydrogens is 451 g/mol. The number of nitrogens with zero attached hydrogens (tertiary/aromatic N) is 3. The Morgan fingerprint density at radius 1 is 1.22 bits per heavy atom. The molecule has 0 aliphatic carbocycles. The Labute approximate surface area is 178 Å². The van der Waals surface area contributed by atoms with Gasteiger partial charge in [-0.05, 0) is 36.6 Å². The summed E-state index contributed by atoms with van der Waals surface area (Å²) in [7, 11) is 0. The van der Waals surface area contributed by atoms with Gasteiger partial charge in [-0.15, -0.1) is 24.0 Å². The van der Waals surface area contributed by atoms with Gasteiger partial charge < -0.3 is 15.0 Å². The molecule has 0 unspecified atom stereocenters. The van der Waals surface area contributed by atoms with Gasteiger partial charge in [-0.2, -0.15) is 0 Å². The van der Waals surface area contributed by atoms with Gasteiger partial charge in [0, 0.05) is 25.8 Å². The van der Waals surface area contributed by atoms with Gasteiger partial charge in [-0.1, -0.05) is 36.4 Å². The first-order valence-electron chi connectivity index (χ1n) is 9.17. The zero-order valence-electron chi connectivity index (χ0n) is 15.7. The van der Waals surface area contributed by atoms with Gasteiger partial charge in [0.15, 0.2) is 5.96 Å². The van der Waals surface area contributed by atoms with E-state index in [1.165, 1.54) is 11.1 Å². The predicted octanol–water partition coefficient (Wildman–Crippen LogP) is 3.83. The number of rotatable bonds is 6. The van der Waals surface area contributed by atoms with Crippen molar-refractivity contribution < 1.29 is 4.74 Å². The lowest BCUT2D eigenvalue weighted by Gasteiger charge is -2.29. The molecule has 1 aliphatic rings. The molecule has 6 heteroatoms. The Morgan fingerprint density at radius 2 is 2.07 bits per heavy atom. The molecule has 5 nitrogen and oxygen atoms in total. The Morgan fingerprint density at radius 3 is 2.74 bits per heavy atom. The van der Waals surface area contributed by atoms with Gasteiger partial charge in [0.25, 0.3) is 0 Å². The molecule has 0 spiro atoms. The van der Waals surface area contributed by atoms with Gasteiger partial charge in [0.2, 0.25) is 0 Å². The van der Waals surface area contributed by atoms with Crippen LogP contribution in [0.2, 0.25) is 0 Å². The lowest BCUT2D eigenvalue weighted by atomic mass is 10.00. The summed E-state index contributed by atoms with van der Waals surface area (Å²) in [5, 5.41) is 3.38. The number of aliphatic imine (C=N–C) groups is 1. The van der Waals surface area contributed by atoms with E-state index in [0.29, 0.717) is 13.2 Å². The molecule has 3 rings (SSSR count). The molecule has 1 aliphatic heterocycles. The van der Waals surface area contributed by atoms with Crippen LogP contribution in [-0.4, -0.2) is 48.6 Å². The highest BCUT2D eigenvalue weighted by molar-refractivity contribution is 14.0. The Bertz CT molecular complexity index is 734. The molecule has 0 radical (unpaired) electrons. The monoisotopic (exact) mass is 478 g/mol. The summed E-state index contributed by atoms with van der Waals surface area (Å²) >= 11 is 0. The largest absolute Gasteiger partial charge is 0.490 e. The third kappa shape index (κ3) is 6.53. The van der Waals surface area contributed by atoms with Gasteiger partial charge in [-0.25, -0.2) is 4.99 Å². The fourth-order valence-corrected chi connectivity index (χ4v) is 2.95. The number of aromatic nitrogens is 1. The first-order chi connectivity index (χ1) is 12.9. The van der Waals surface area contributed by atoms with E-state index < -0.39 is 0 Å². The molecule has 27 heavy (non-hydrogen) atoms. The highest BCUT2D eigenvalue weighted by Crippen LogP contribution is 2.21. The highest BCUT2D eigenvalue weighted by Gasteiger charge is 2.15. The average Bonchev–Trinajstić information content (AvgIpc) is 2.72. The fraction of sp³-hybridized carbons (Fsp3) is 0.333. The standard InChI is InChI=1S/C21H26N4O.HI/c1-2-23-21(24-13-16-26-20-9-6-12-22-17-20)25-14-10-19(11-15-25)18-7-4-3-5-8-18;/h3-10,12,17H,2,11,13-16H2,1H3,(H,23,24);1H. The molecule has 0 amide bonds. The summed E-state index contributed by atoms with van der Waals surface area (Å²) < 4.78 is 5.67. The van der Waals surface area contributed by atoms with Crippen molar-refractivity contribution in [3.63, 3.8) is 0 Å². The van der Waals surface area contributed by atoms with Crippen LogP contribution in [0.25, 0.3) is 5.57 Å². The number of hydrogen-bond donors (Lipinski definition) is 1. The first kappa shape index (κ1) is 21.2.